The van der Waals surface area contributed by atoms with Gasteiger partial charge in [-0.3, -0.25) is 4.79 Å². The summed E-state index contributed by atoms with van der Waals surface area (Å²) in [6, 6.07) is 7.26. The summed E-state index contributed by atoms with van der Waals surface area (Å²) in [4.78, 5) is 26.6. The Morgan fingerprint density at radius 3 is 2.63 bits per heavy atom. The van der Waals surface area contributed by atoms with Crippen LogP contribution >= 0.6 is 11.3 Å². The minimum atomic E-state index is -0.785. The third-order valence-corrected chi connectivity index (χ3v) is 7.09. The smallest absolute Gasteiger partial charge is 0.341 e. The Morgan fingerprint density at radius 2 is 1.93 bits per heavy atom. The molecule has 2 unspecified atom stereocenters. The number of esters is 1. The van der Waals surface area contributed by atoms with Crippen molar-refractivity contribution in [3.8, 4) is 11.5 Å². The number of hydrogen-bond donors (Lipinski definition) is 1. The van der Waals surface area contributed by atoms with Crippen LogP contribution in [-0.4, -0.2) is 31.7 Å². The third-order valence-electron chi connectivity index (χ3n) is 5.92. The highest BCUT2D eigenvalue weighted by molar-refractivity contribution is 7.17. The molecule has 160 valence electrons. The largest absolute Gasteiger partial charge is 0.485 e. The normalized spacial score (nSPS) is 20.3. The Hall–Kier alpha value is -2.54. The van der Waals surface area contributed by atoms with Crippen molar-refractivity contribution in [1.29, 1.82) is 0 Å². The monoisotopic (exact) mass is 429 g/mol. The predicted molar refractivity (Wildman–Crippen MR) is 116 cm³/mol. The Morgan fingerprint density at radius 1 is 1.20 bits per heavy atom. The van der Waals surface area contributed by atoms with E-state index in [2.05, 4.69) is 26.1 Å². The van der Waals surface area contributed by atoms with Gasteiger partial charge in [0, 0.05) is 4.88 Å². The van der Waals surface area contributed by atoms with Gasteiger partial charge in [-0.15, -0.1) is 11.3 Å². The topological polar surface area (TPSA) is 73.9 Å². The van der Waals surface area contributed by atoms with Gasteiger partial charge in [0.2, 0.25) is 6.10 Å². The Balaban J connectivity index is 1.58. The summed E-state index contributed by atoms with van der Waals surface area (Å²) in [6.07, 6.45) is 1.94. The molecule has 1 aliphatic carbocycles. The molecule has 2 heterocycles. The van der Waals surface area contributed by atoms with Crippen molar-refractivity contribution in [3.63, 3.8) is 0 Å². The van der Waals surface area contributed by atoms with Crippen LogP contribution in [0.1, 0.15) is 48.0 Å². The lowest BCUT2D eigenvalue weighted by Gasteiger charge is -2.33. The molecule has 0 radical (unpaired) electrons. The lowest BCUT2D eigenvalue weighted by Crippen LogP contribution is -2.40. The molecule has 30 heavy (non-hydrogen) atoms. The zero-order chi connectivity index (χ0) is 21.5. The van der Waals surface area contributed by atoms with E-state index in [4.69, 9.17) is 14.2 Å². The highest BCUT2D eigenvalue weighted by Crippen LogP contribution is 2.44. The summed E-state index contributed by atoms with van der Waals surface area (Å²) in [6.45, 7) is 6.86. The van der Waals surface area contributed by atoms with Gasteiger partial charge < -0.3 is 19.5 Å². The molecule has 1 aromatic carbocycles. The van der Waals surface area contributed by atoms with Crippen LogP contribution in [0.15, 0.2) is 24.3 Å². The number of ether oxygens (including phenoxy) is 3. The van der Waals surface area contributed by atoms with Gasteiger partial charge >= 0.3 is 5.97 Å². The molecular formula is C23H27NO5S. The molecule has 7 heteroatoms. The van der Waals surface area contributed by atoms with Crippen LogP contribution in [0.3, 0.4) is 0 Å². The number of para-hydroxylation sites is 2. The fourth-order valence-corrected chi connectivity index (χ4v) is 5.39. The fourth-order valence-electron chi connectivity index (χ4n) is 4.07. The maximum atomic E-state index is 12.9. The number of carbonyl (C=O) groups is 2. The molecule has 0 bridgehead atoms. The first-order valence-corrected chi connectivity index (χ1v) is 11.0. The second-order valence-corrected chi connectivity index (χ2v) is 9.96. The number of amides is 1. The van der Waals surface area contributed by atoms with Gasteiger partial charge in [-0.1, -0.05) is 32.9 Å². The van der Waals surface area contributed by atoms with Crippen molar-refractivity contribution in [2.75, 3.05) is 19.0 Å². The van der Waals surface area contributed by atoms with Crippen molar-refractivity contribution in [3.05, 3.63) is 40.3 Å². The van der Waals surface area contributed by atoms with Crippen molar-refractivity contribution >= 4 is 28.2 Å². The highest BCUT2D eigenvalue weighted by Gasteiger charge is 2.35. The number of carbonyl (C=O) groups excluding carboxylic acids is 2. The second-order valence-electron chi connectivity index (χ2n) is 8.86. The van der Waals surface area contributed by atoms with E-state index >= 15 is 0 Å². The minimum Gasteiger partial charge on any atom is -0.485 e. The minimum absolute atomic E-state index is 0.119. The van der Waals surface area contributed by atoms with Gasteiger partial charge in [0.1, 0.15) is 11.6 Å². The molecule has 0 saturated heterocycles. The van der Waals surface area contributed by atoms with Crippen molar-refractivity contribution < 1.29 is 23.8 Å². The van der Waals surface area contributed by atoms with Gasteiger partial charge in [0.25, 0.3) is 5.91 Å². The molecule has 1 aromatic heterocycles. The summed E-state index contributed by atoms with van der Waals surface area (Å²) in [5.41, 5.74) is 1.68. The van der Waals surface area contributed by atoms with Gasteiger partial charge in [-0.2, -0.15) is 0 Å². The zero-order valence-corrected chi connectivity index (χ0v) is 18.6. The Labute approximate surface area is 180 Å². The average Bonchev–Trinajstić information content (AvgIpc) is 3.09. The first-order valence-electron chi connectivity index (χ1n) is 10.2. The van der Waals surface area contributed by atoms with Crippen LogP contribution in [0.5, 0.6) is 11.5 Å². The van der Waals surface area contributed by atoms with E-state index in [9.17, 15) is 9.59 Å². The van der Waals surface area contributed by atoms with Crippen molar-refractivity contribution in [2.24, 2.45) is 11.3 Å². The Bertz CT molecular complexity index is 974. The molecule has 1 amide bonds. The number of fused-ring (bicyclic) bond motifs is 2. The summed E-state index contributed by atoms with van der Waals surface area (Å²) >= 11 is 1.47. The quantitative estimate of drug-likeness (QED) is 0.729. The fraction of sp³-hybridized carbons (Fsp3) is 0.478. The van der Waals surface area contributed by atoms with Crippen molar-refractivity contribution in [2.45, 2.75) is 46.1 Å². The highest BCUT2D eigenvalue weighted by atomic mass is 32.1. The number of nitrogens with one attached hydrogen (secondary N) is 1. The molecule has 1 N–H and O–H groups in total. The van der Waals surface area contributed by atoms with Gasteiger partial charge in [0.15, 0.2) is 11.5 Å². The van der Waals surface area contributed by atoms with Crippen LogP contribution in [-0.2, 0) is 22.4 Å². The SMILES string of the molecule is COC(=O)c1c(NC(=O)C2COc3ccccc3O2)sc2c1CCC(C(C)(C)C)C2. The van der Waals surface area contributed by atoms with Gasteiger partial charge in [0.05, 0.1) is 12.7 Å². The molecule has 0 fully saturated rings. The summed E-state index contributed by atoms with van der Waals surface area (Å²) in [5, 5.41) is 3.45. The molecule has 0 saturated carbocycles. The molecule has 1 aliphatic heterocycles. The first-order chi connectivity index (χ1) is 14.3. The van der Waals surface area contributed by atoms with Gasteiger partial charge in [-0.25, -0.2) is 4.79 Å². The number of anilines is 1. The van der Waals surface area contributed by atoms with Crippen LogP contribution in [0, 0.1) is 11.3 Å². The van der Waals surface area contributed by atoms with E-state index in [1.165, 1.54) is 18.4 Å². The molecule has 4 rings (SSSR count). The molecular weight excluding hydrogens is 402 g/mol. The number of thiophene rings is 1. The zero-order valence-electron chi connectivity index (χ0n) is 17.7. The maximum absolute atomic E-state index is 12.9. The molecule has 2 aliphatic rings. The average molecular weight is 430 g/mol. The van der Waals surface area contributed by atoms with E-state index in [-0.39, 0.29) is 17.9 Å². The lowest BCUT2D eigenvalue weighted by atomic mass is 9.72. The van der Waals surface area contributed by atoms with Crippen LogP contribution < -0.4 is 14.8 Å². The second kappa shape index (κ2) is 7.95. The van der Waals surface area contributed by atoms with Crippen LogP contribution in [0.2, 0.25) is 0 Å². The van der Waals surface area contributed by atoms with E-state index < -0.39 is 12.1 Å². The number of methoxy groups -OCH3 is 1. The first kappa shape index (κ1) is 20.7. The number of hydrogen-bond acceptors (Lipinski definition) is 6. The Kier molecular flexibility index (Phi) is 5.49. The number of benzene rings is 1. The molecule has 2 aromatic rings. The van der Waals surface area contributed by atoms with Crippen LogP contribution in [0.25, 0.3) is 0 Å². The van der Waals surface area contributed by atoms with E-state index in [1.54, 1.807) is 12.1 Å². The lowest BCUT2D eigenvalue weighted by molar-refractivity contribution is -0.125. The molecule has 0 spiro atoms. The third kappa shape index (κ3) is 3.90. The molecule has 6 nitrogen and oxygen atoms in total. The van der Waals surface area contributed by atoms with Crippen LogP contribution in [0.4, 0.5) is 5.00 Å². The summed E-state index contributed by atoms with van der Waals surface area (Å²) < 4.78 is 16.5. The maximum Gasteiger partial charge on any atom is 0.341 e. The van der Waals surface area contributed by atoms with E-state index in [0.717, 1.165) is 29.7 Å². The summed E-state index contributed by atoms with van der Waals surface area (Å²) in [5.74, 6) is 0.945. The predicted octanol–water partition coefficient (Wildman–Crippen LogP) is 4.46. The molecule has 2 atom stereocenters. The van der Waals surface area contributed by atoms with E-state index in [1.807, 2.05) is 12.1 Å². The van der Waals surface area contributed by atoms with E-state index in [0.29, 0.717) is 28.0 Å². The summed E-state index contributed by atoms with van der Waals surface area (Å²) in [7, 11) is 1.37. The standard InChI is InChI=1S/C23H27NO5S/c1-23(2,3)13-9-10-14-18(11-13)30-21(19(14)22(26)27-4)24-20(25)17-12-28-15-7-5-6-8-16(15)29-17/h5-8,13,17H,9-12H2,1-4H3,(H,24,25). The van der Waals surface area contributed by atoms with Crippen molar-refractivity contribution in [1.82, 2.24) is 0 Å². The number of rotatable bonds is 3. The van der Waals surface area contributed by atoms with Gasteiger partial charge in [-0.05, 0) is 48.3 Å².